The van der Waals surface area contributed by atoms with Crippen LogP contribution in [0.4, 0.5) is 4.39 Å². The number of carbonyl (C=O) groups is 1. The fraction of sp³-hybridized carbons (Fsp3) is 0.125. The Bertz CT molecular complexity index is 214. The number of halogens is 1. The zero-order chi connectivity index (χ0) is 8.69. The molecule has 60 valence electrons. The SMILES string of the molecule is CC=C(F)C=CC=CC(=O)O. The maximum absolute atomic E-state index is 12.2. The van der Waals surface area contributed by atoms with Gasteiger partial charge in [0, 0.05) is 6.08 Å². The minimum atomic E-state index is -1.05. The van der Waals surface area contributed by atoms with Gasteiger partial charge >= 0.3 is 5.97 Å². The molecule has 11 heavy (non-hydrogen) atoms. The molecule has 0 aromatic carbocycles. The van der Waals surface area contributed by atoms with Gasteiger partial charge in [-0.3, -0.25) is 0 Å². The molecule has 3 heteroatoms. The monoisotopic (exact) mass is 156 g/mol. The number of hydrogen-bond acceptors (Lipinski definition) is 1. The fourth-order valence-corrected chi connectivity index (χ4v) is 0.382. The smallest absolute Gasteiger partial charge is 0.328 e. The number of rotatable bonds is 3. The summed E-state index contributed by atoms with van der Waals surface area (Å²) in [6.07, 6.45) is 5.97. The molecule has 0 aliphatic heterocycles. The van der Waals surface area contributed by atoms with E-state index in [9.17, 15) is 9.18 Å². The quantitative estimate of drug-likeness (QED) is 0.501. The Labute approximate surface area is 64.3 Å². The number of aliphatic carboxylic acids is 1. The predicted molar refractivity (Wildman–Crippen MR) is 40.8 cm³/mol. The van der Waals surface area contributed by atoms with Crippen molar-refractivity contribution in [3.8, 4) is 0 Å². The van der Waals surface area contributed by atoms with E-state index < -0.39 is 5.97 Å². The minimum absolute atomic E-state index is 0.389. The van der Waals surface area contributed by atoms with Crippen LogP contribution in [-0.2, 0) is 4.79 Å². The van der Waals surface area contributed by atoms with Crippen LogP contribution in [0, 0.1) is 0 Å². The first-order valence-corrected chi connectivity index (χ1v) is 3.06. The Hall–Kier alpha value is -1.38. The summed E-state index contributed by atoms with van der Waals surface area (Å²) in [5.74, 6) is -1.43. The van der Waals surface area contributed by atoms with Crippen molar-refractivity contribution >= 4 is 5.97 Å². The third kappa shape index (κ3) is 6.51. The molecule has 0 radical (unpaired) electrons. The van der Waals surface area contributed by atoms with E-state index >= 15 is 0 Å². The van der Waals surface area contributed by atoms with Gasteiger partial charge in [-0.2, -0.15) is 0 Å². The van der Waals surface area contributed by atoms with Gasteiger partial charge in [-0.15, -0.1) is 0 Å². The molecule has 0 saturated heterocycles. The average molecular weight is 156 g/mol. The summed E-state index contributed by atoms with van der Waals surface area (Å²) >= 11 is 0. The Morgan fingerprint density at radius 3 is 2.36 bits per heavy atom. The molecule has 2 nitrogen and oxygen atoms in total. The zero-order valence-corrected chi connectivity index (χ0v) is 6.12. The van der Waals surface area contributed by atoms with E-state index in [1.807, 2.05) is 0 Å². The fourth-order valence-electron chi connectivity index (χ4n) is 0.382. The Morgan fingerprint density at radius 1 is 1.36 bits per heavy atom. The lowest BCUT2D eigenvalue weighted by molar-refractivity contribution is -0.131. The van der Waals surface area contributed by atoms with Gasteiger partial charge in [0.2, 0.25) is 0 Å². The summed E-state index contributed by atoms with van der Waals surface area (Å²) in [5, 5.41) is 8.11. The van der Waals surface area contributed by atoms with Crippen LogP contribution in [0.25, 0.3) is 0 Å². The number of carboxylic acid groups (broad SMARTS) is 1. The van der Waals surface area contributed by atoms with Crippen molar-refractivity contribution in [2.75, 3.05) is 0 Å². The molecule has 0 aliphatic rings. The van der Waals surface area contributed by atoms with Crippen molar-refractivity contribution in [1.82, 2.24) is 0 Å². The maximum atomic E-state index is 12.2. The van der Waals surface area contributed by atoms with Crippen molar-refractivity contribution in [2.24, 2.45) is 0 Å². The largest absolute Gasteiger partial charge is 0.478 e. The highest BCUT2D eigenvalue weighted by Crippen LogP contribution is 1.96. The number of allylic oxidation sites excluding steroid dienone is 5. The topological polar surface area (TPSA) is 37.3 Å². The second-order valence-electron chi connectivity index (χ2n) is 1.73. The van der Waals surface area contributed by atoms with E-state index in [4.69, 9.17) is 5.11 Å². The Kier molecular flexibility index (Phi) is 4.73. The number of carboxylic acids is 1. The van der Waals surface area contributed by atoms with E-state index in [-0.39, 0.29) is 5.83 Å². The van der Waals surface area contributed by atoms with Crippen LogP contribution in [0.3, 0.4) is 0 Å². The highest BCUT2D eigenvalue weighted by Gasteiger charge is 1.82. The molecule has 0 saturated carbocycles. The molecule has 0 aliphatic carbocycles. The van der Waals surface area contributed by atoms with Crippen molar-refractivity contribution in [3.05, 3.63) is 36.2 Å². The average Bonchev–Trinajstić information content (AvgIpc) is 1.97. The minimum Gasteiger partial charge on any atom is -0.478 e. The molecule has 0 unspecified atom stereocenters. The summed E-state index contributed by atoms with van der Waals surface area (Å²) in [6.45, 7) is 1.56. The van der Waals surface area contributed by atoms with Gasteiger partial charge < -0.3 is 5.11 Å². The predicted octanol–water partition coefficient (Wildman–Crippen LogP) is 2.06. The summed E-state index contributed by atoms with van der Waals surface area (Å²) in [7, 11) is 0. The Balaban J connectivity index is 3.87. The van der Waals surface area contributed by atoms with E-state index in [0.717, 1.165) is 6.08 Å². The molecule has 0 aromatic rings. The molecule has 0 aromatic heterocycles. The first kappa shape index (κ1) is 9.62. The second-order valence-corrected chi connectivity index (χ2v) is 1.73. The summed E-state index contributed by atoms with van der Waals surface area (Å²) < 4.78 is 12.2. The maximum Gasteiger partial charge on any atom is 0.328 e. The van der Waals surface area contributed by atoms with E-state index in [2.05, 4.69) is 0 Å². The van der Waals surface area contributed by atoms with Crippen molar-refractivity contribution < 1.29 is 14.3 Å². The normalized spacial score (nSPS) is 13.1. The van der Waals surface area contributed by atoms with Crippen LogP contribution in [0.15, 0.2) is 36.2 Å². The molecule has 0 spiro atoms. The molecule has 0 bridgehead atoms. The lowest BCUT2D eigenvalue weighted by atomic mass is 10.4. The van der Waals surface area contributed by atoms with Crippen LogP contribution < -0.4 is 0 Å². The standard InChI is InChI=1S/C8H9FO2/c1-2-7(9)5-3-4-6-8(10)11/h2-6H,1H3,(H,10,11). The molecule has 0 rings (SSSR count). The molecule has 0 fully saturated rings. The van der Waals surface area contributed by atoms with Crippen LogP contribution in [0.2, 0.25) is 0 Å². The third-order valence-electron chi connectivity index (χ3n) is 0.881. The van der Waals surface area contributed by atoms with Gasteiger partial charge in [0.1, 0.15) is 5.83 Å². The van der Waals surface area contributed by atoms with Crippen LogP contribution in [-0.4, -0.2) is 11.1 Å². The molecular weight excluding hydrogens is 147 g/mol. The van der Waals surface area contributed by atoms with Gasteiger partial charge in [0.25, 0.3) is 0 Å². The highest BCUT2D eigenvalue weighted by atomic mass is 19.1. The first-order valence-electron chi connectivity index (χ1n) is 3.06. The van der Waals surface area contributed by atoms with Crippen molar-refractivity contribution in [1.29, 1.82) is 0 Å². The first-order chi connectivity index (χ1) is 5.16. The van der Waals surface area contributed by atoms with E-state index in [1.54, 1.807) is 6.92 Å². The third-order valence-corrected chi connectivity index (χ3v) is 0.881. The van der Waals surface area contributed by atoms with Crippen LogP contribution in [0.1, 0.15) is 6.92 Å². The highest BCUT2D eigenvalue weighted by molar-refractivity contribution is 5.80. The molecule has 0 atom stereocenters. The molecular formula is C8H9FO2. The van der Waals surface area contributed by atoms with Crippen molar-refractivity contribution in [2.45, 2.75) is 6.92 Å². The lowest BCUT2D eigenvalue weighted by Crippen LogP contribution is -1.84. The Morgan fingerprint density at radius 2 is 1.91 bits per heavy atom. The summed E-state index contributed by atoms with van der Waals surface area (Å²) in [6, 6.07) is 0. The molecule has 1 N–H and O–H groups in total. The van der Waals surface area contributed by atoms with Crippen LogP contribution in [0.5, 0.6) is 0 Å². The zero-order valence-electron chi connectivity index (χ0n) is 6.12. The second kappa shape index (κ2) is 5.41. The lowest BCUT2D eigenvalue weighted by Gasteiger charge is -1.79. The van der Waals surface area contributed by atoms with Gasteiger partial charge in [-0.05, 0) is 13.0 Å². The van der Waals surface area contributed by atoms with Gasteiger partial charge in [-0.1, -0.05) is 18.2 Å². The van der Waals surface area contributed by atoms with E-state index in [0.29, 0.717) is 0 Å². The van der Waals surface area contributed by atoms with Gasteiger partial charge in [0.15, 0.2) is 0 Å². The molecule has 0 amide bonds. The number of hydrogen-bond donors (Lipinski definition) is 1. The van der Waals surface area contributed by atoms with Gasteiger partial charge in [0.05, 0.1) is 0 Å². The van der Waals surface area contributed by atoms with Crippen molar-refractivity contribution in [3.63, 3.8) is 0 Å². The summed E-state index contributed by atoms with van der Waals surface area (Å²) in [4.78, 5) is 9.88. The van der Waals surface area contributed by atoms with Gasteiger partial charge in [-0.25, -0.2) is 9.18 Å². The van der Waals surface area contributed by atoms with E-state index in [1.165, 1.54) is 24.3 Å². The molecule has 0 heterocycles. The van der Waals surface area contributed by atoms with Crippen LogP contribution >= 0.6 is 0 Å². The summed E-state index contributed by atoms with van der Waals surface area (Å²) in [5.41, 5.74) is 0.